The Balaban J connectivity index is 2.13. The number of fused-ring (bicyclic) bond motifs is 1. The van der Waals surface area contributed by atoms with Crippen molar-refractivity contribution >= 4 is 40.3 Å². The molecule has 1 aromatic heterocycles. The minimum absolute atomic E-state index is 0.0516. The Bertz CT molecular complexity index is 1290. The minimum Gasteiger partial charge on any atom is -0.505 e. The van der Waals surface area contributed by atoms with Crippen LogP contribution in [0, 0.1) is 24.5 Å². The van der Waals surface area contributed by atoms with Crippen LogP contribution in [-0.2, 0) is 9.59 Å². The summed E-state index contributed by atoms with van der Waals surface area (Å²) in [5.41, 5.74) is 0.647. The zero-order valence-corrected chi connectivity index (χ0v) is 18.7. The average molecular weight is 479 g/mol. The van der Waals surface area contributed by atoms with Crippen LogP contribution >= 0.6 is 11.6 Å². The van der Waals surface area contributed by atoms with Gasteiger partial charge in [-0.2, -0.15) is 0 Å². The van der Waals surface area contributed by atoms with Gasteiger partial charge in [0.2, 0.25) is 5.91 Å². The second-order valence-corrected chi connectivity index (χ2v) is 8.20. The maximum Gasteiger partial charge on any atom is 0.308 e. The predicted molar refractivity (Wildman–Crippen MR) is 118 cm³/mol. The van der Waals surface area contributed by atoms with Gasteiger partial charge in [0.1, 0.15) is 5.82 Å². The van der Waals surface area contributed by atoms with E-state index in [-0.39, 0.29) is 33.7 Å². The van der Waals surface area contributed by atoms with E-state index >= 15 is 0 Å². The normalized spacial score (nSPS) is 13.0. The molecule has 0 bridgehead atoms. The van der Waals surface area contributed by atoms with Crippen LogP contribution in [0.5, 0.6) is 5.75 Å². The minimum atomic E-state index is -1.07. The Hall–Kier alpha value is -3.46. The van der Waals surface area contributed by atoms with Gasteiger partial charge in [-0.25, -0.2) is 8.78 Å². The summed E-state index contributed by atoms with van der Waals surface area (Å²) in [5.74, 6) is -6.42. The molecular formula is C23H21ClF2N2O5. The number of hydrogen-bond donors (Lipinski definition) is 3. The molecule has 0 saturated heterocycles. The maximum absolute atomic E-state index is 14.2. The van der Waals surface area contributed by atoms with E-state index < -0.39 is 47.0 Å². The monoisotopic (exact) mass is 478 g/mol. The van der Waals surface area contributed by atoms with Gasteiger partial charge in [-0.15, -0.1) is 0 Å². The van der Waals surface area contributed by atoms with Crippen LogP contribution in [0.1, 0.15) is 41.4 Å². The summed E-state index contributed by atoms with van der Waals surface area (Å²) in [6.07, 6.45) is 0. The average Bonchev–Trinajstić information content (AvgIpc) is 3.03. The van der Waals surface area contributed by atoms with Crippen molar-refractivity contribution in [3.63, 3.8) is 0 Å². The van der Waals surface area contributed by atoms with Crippen molar-refractivity contribution in [3.8, 4) is 5.75 Å². The zero-order valence-electron chi connectivity index (χ0n) is 17.9. The summed E-state index contributed by atoms with van der Waals surface area (Å²) in [6, 6.07) is 5.57. The molecule has 10 heteroatoms. The zero-order chi connectivity index (χ0) is 24.6. The number of carbonyl (C=O) groups is 3. The Kier molecular flexibility index (Phi) is 6.73. The number of halogens is 3. The fraction of sp³-hybridized carbons (Fsp3) is 0.261. The number of aliphatic carboxylic acids is 1. The highest BCUT2D eigenvalue weighted by atomic mass is 35.5. The van der Waals surface area contributed by atoms with Crippen molar-refractivity contribution in [1.82, 2.24) is 9.88 Å². The van der Waals surface area contributed by atoms with E-state index in [4.69, 9.17) is 16.7 Å². The van der Waals surface area contributed by atoms with E-state index in [1.54, 1.807) is 6.92 Å². The van der Waals surface area contributed by atoms with E-state index in [9.17, 15) is 28.3 Å². The molecular weight excluding hydrogens is 458 g/mol. The highest BCUT2D eigenvalue weighted by Crippen LogP contribution is 2.36. The van der Waals surface area contributed by atoms with Gasteiger partial charge >= 0.3 is 5.97 Å². The van der Waals surface area contributed by atoms with Crippen molar-refractivity contribution in [2.24, 2.45) is 5.92 Å². The van der Waals surface area contributed by atoms with Gasteiger partial charge in [0.25, 0.3) is 5.91 Å². The lowest BCUT2D eigenvalue weighted by Gasteiger charge is -2.15. The SMILES string of the molecule is Cc1c(C(C)C(=O)NC[C@@H](C)C(=O)O)c2cc(O)c(F)cc2n1C(=O)c1ccc(Cl)c(F)c1. The molecule has 0 aliphatic rings. The summed E-state index contributed by atoms with van der Waals surface area (Å²) in [7, 11) is 0. The fourth-order valence-electron chi connectivity index (χ4n) is 3.64. The Labute approximate surface area is 192 Å². The van der Waals surface area contributed by atoms with E-state index in [0.717, 1.165) is 22.8 Å². The number of carboxylic acid groups (broad SMARTS) is 1. The van der Waals surface area contributed by atoms with E-state index in [2.05, 4.69) is 5.32 Å². The van der Waals surface area contributed by atoms with Crippen LogP contribution in [0.4, 0.5) is 8.78 Å². The van der Waals surface area contributed by atoms with E-state index in [0.29, 0.717) is 5.56 Å². The van der Waals surface area contributed by atoms with Gasteiger partial charge < -0.3 is 15.5 Å². The Morgan fingerprint density at radius 2 is 1.79 bits per heavy atom. The number of phenols is 1. The smallest absolute Gasteiger partial charge is 0.308 e. The third-order valence-corrected chi connectivity index (χ3v) is 5.83. The van der Waals surface area contributed by atoms with Gasteiger partial charge in [-0.05, 0) is 43.7 Å². The summed E-state index contributed by atoms with van der Waals surface area (Å²) < 4.78 is 29.3. The summed E-state index contributed by atoms with van der Waals surface area (Å²) in [4.78, 5) is 37.0. The van der Waals surface area contributed by atoms with Gasteiger partial charge in [0.05, 0.1) is 22.4 Å². The van der Waals surface area contributed by atoms with E-state index in [1.807, 2.05) is 0 Å². The quantitative estimate of drug-likeness (QED) is 0.491. The van der Waals surface area contributed by atoms with Crippen molar-refractivity contribution in [1.29, 1.82) is 0 Å². The molecule has 2 atom stereocenters. The Morgan fingerprint density at radius 1 is 1.12 bits per heavy atom. The number of nitrogens with one attached hydrogen (secondary N) is 1. The first kappa shape index (κ1) is 24.2. The van der Waals surface area contributed by atoms with Crippen LogP contribution < -0.4 is 5.32 Å². The molecule has 33 heavy (non-hydrogen) atoms. The summed E-state index contributed by atoms with van der Waals surface area (Å²) in [5, 5.41) is 21.6. The van der Waals surface area contributed by atoms with E-state index in [1.165, 1.54) is 26.0 Å². The van der Waals surface area contributed by atoms with Crippen LogP contribution in [0.3, 0.4) is 0 Å². The first-order chi connectivity index (χ1) is 15.4. The topological polar surface area (TPSA) is 109 Å². The molecule has 174 valence electrons. The predicted octanol–water partition coefficient (Wildman–Crippen LogP) is 4.22. The lowest BCUT2D eigenvalue weighted by molar-refractivity contribution is -0.141. The number of carboxylic acids is 1. The molecule has 0 saturated carbocycles. The van der Waals surface area contributed by atoms with Gasteiger partial charge in [0, 0.05) is 29.3 Å². The second kappa shape index (κ2) is 9.19. The van der Waals surface area contributed by atoms with Crippen LogP contribution in [0.2, 0.25) is 5.02 Å². The number of aromatic nitrogens is 1. The summed E-state index contributed by atoms with van der Waals surface area (Å²) in [6.45, 7) is 4.41. The Morgan fingerprint density at radius 3 is 2.39 bits per heavy atom. The second-order valence-electron chi connectivity index (χ2n) is 7.80. The first-order valence-electron chi connectivity index (χ1n) is 9.97. The number of phenolic OH excluding ortho intramolecular Hbond substituents is 1. The standard InChI is InChI=1S/C23H21ClF2N2O5/c1-10(23(32)33)9-27-21(30)11(2)20-12(3)28(18-8-17(26)19(29)7-14(18)20)22(31)13-4-5-15(24)16(25)6-13/h4-8,10-11,29H,9H2,1-3H3,(H,27,30)(H,32,33)/t10-,11?/m1/s1. The molecule has 0 spiro atoms. The molecule has 1 unspecified atom stereocenters. The van der Waals surface area contributed by atoms with Crippen molar-refractivity contribution in [2.75, 3.05) is 6.54 Å². The number of nitrogens with zero attached hydrogens (tertiary/aromatic N) is 1. The number of aromatic hydroxyl groups is 1. The molecule has 1 heterocycles. The molecule has 0 aliphatic carbocycles. The van der Waals surface area contributed by atoms with Gasteiger partial charge in [-0.3, -0.25) is 19.0 Å². The number of rotatable bonds is 6. The van der Waals surface area contributed by atoms with Crippen molar-refractivity contribution in [3.05, 3.63) is 63.8 Å². The first-order valence-corrected chi connectivity index (χ1v) is 10.4. The third-order valence-electron chi connectivity index (χ3n) is 5.52. The van der Waals surface area contributed by atoms with Crippen LogP contribution in [0.25, 0.3) is 10.9 Å². The highest BCUT2D eigenvalue weighted by molar-refractivity contribution is 6.30. The molecule has 3 rings (SSSR count). The number of amides is 1. The van der Waals surface area contributed by atoms with Crippen LogP contribution in [-0.4, -0.2) is 39.1 Å². The van der Waals surface area contributed by atoms with Crippen LogP contribution in [0.15, 0.2) is 30.3 Å². The molecule has 1 amide bonds. The third kappa shape index (κ3) is 4.54. The molecule has 0 radical (unpaired) electrons. The fourth-order valence-corrected chi connectivity index (χ4v) is 3.76. The largest absolute Gasteiger partial charge is 0.505 e. The van der Waals surface area contributed by atoms with Gasteiger partial charge in [-0.1, -0.05) is 18.5 Å². The highest BCUT2D eigenvalue weighted by Gasteiger charge is 2.28. The number of hydrogen-bond acceptors (Lipinski definition) is 4. The molecule has 3 aromatic rings. The van der Waals surface area contributed by atoms with Crippen molar-refractivity contribution < 1.29 is 33.4 Å². The molecule has 7 nitrogen and oxygen atoms in total. The summed E-state index contributed by atoms with van der Waals surface area (Å²) >= 11 is 5.70. The lowest BCUT2D eigenvalue weighted by Crippen LogP contribution is -2.34. The maximum atomic E-state index is 14.2. The van der Waals surface area contributed by atoms with Gasteiger partial charge in [0.15, 0.2) is 11.6 Å². The lowest BCUT2D eigenvalue weighted by atomic mass is 9.96. The molecule has 0 fully saturated rings. The number of benzene rings is 2. The molecule has 0 aliphatic heterocycles. The van der Waals surface area contributed by atoms with Crippen molar-refractivity contribution in [2.45, 2.75) is 26.7 Å². The number of carbonyl (C=O) groups excluding carboxylic acids is 2. The molecule has 2 aromatic carbocycles. The molecule has 3 N–H and O–H groups in total.